The van der Waals surface area contributed by atoms with E-state index < -0.39 is 0 Å². The molecule has 0 aromatic carbocycles. The molecule has 1 saturated carbocycles. The van der Waals surface area contributed by atoms with Crippen LogP contribution < -0.4 is 0 Å². The Balaban J connectivity index is 1.71. The highest BCUT2D eigenvalue weighted by molar-refractivity contribution is 5.15. The maximum atomic E-state index is 2.46. The van der Waals surface area contributed by atoms with Gasteiger partial charge in [-0.3, -0.25) is 0 Å². The molecule has 0 saturated heterocycles. The van der Waals surface area contributed by atoms with Gasteiger partial charge < -0.3 is 0 Å². The molecule has 1 rings (SSSR count). The van der Waals surface area contributed by atoms with Gasteiger partial charge in [0.05, 0.1) is 0 Å². The lowest BCUT2D eigenvalue weighted by atomic mass is 10.1. The lowest BCUT2D eigenvalue weighted by Crippen LogP contribution is -1.78. The van der Waals surface area contributed by atoms with Crippen LogP contribution in [0, 0.1) is 0 Å². The van der Waals surface area contributed by atoms with Gasteiger partial charge in [0.15, 0.2) is 0 Å². The molecule has 1 aliphatic rings. The molecule has 0 aromatic rings. The number of hydrogen-bond acceptors (Lipinski definition) is 0. The second kappa shape index (κ2) is 7.17. The summed E-state index contributed by atoms with van der Waals surface area (Å²) in [5, 5.41) is 0. The second-order valence-electron chi connectivity index (χ2n) is 4.27. The number of rotatable bonds is 8. The molecule has 13 heavy (non-hydrogen) atoms. The first-order valence-corrected chi connectivity index (χ1v) is 6.11. The molecule has 0 spiro atoms. The molecular weight excluding hydrogens is 156 g/mol. The highest BCUT2D eigenvalue weighted by Crippen LogP contribution is 2.28. The van der Waals surface area contributed by atoms with Gasteiger partial charge in [0.2, 0.25) is 0 Å². The molecule has 76 valence electrons. The van der Waals surface area contributed by atoms with E-state index >= 15 is 0 Å². The summed E-state index contributed by atoms with van der Waals surface area (Å²) < 4.78 is 0. The Hall–Kier alpha value is -0.260. The van der Waals surface area contributed by atoms with E-state index in [2.05, 4.69) is 13.0 Å². The number of allylic oxidation sites excluding steroid dienone is 2. The predicted molar refractivity (Wildman–Crippen MR) is 59.9 cm³/mol. The van der Waals surface area contributed by atoms with E-state index in [1.807, 2.05) is 0 Å². The van der Waals surface area contributed by atoms with Crippen molar-refractivity contribution >= 4 is 0 Å². The van der Waals surface area contributed by atoms with Gasteiger partial charge in [-0.1, -0.05) is 57.1 Å². The van der Waals surface area contributed by atoms with E-state index in [0.717, 1.165) is 0 Å². The zero-order valence-corrected chi connectivity index (χ0v) is 9.15. The van der Waals surface area contributed by atoms with E-state index in [4.69, 9.17) is 0 Å². The standard InChI is InChI=1S/C13H24/c1-2-3-4-5-6-7-8-9-10-13-11-12-13/h10H,2-9,11-12H2,1H3. The van der Waals surface area contributed by atoms with Crippen molar-refractivity contribution in [3.05, 3.63) is 11.6 Å². The maximum Gasteiger partial charge on any atom is -0.0283 e. The molecule has 0 heteroatoms. The molecule has 0 radical (unpaired) electrons. The van der Waals surface area contributed by atoms with Crippen LogP contribution in [0.15, 0.2) is 11.6 Å². The Kier molecular flexibility index (Phi) is 5.97. The van der Waals surface area contributed by atoms with Gasteiger partial charge in [0, 0.05) is 0 Å². The zero-order valence-electron chi connectivity index (χ0n) is 9.15. The van der Waals surface area contributed by atoms with Crippen molar-refractivity contribution in [1.29, 1.82) is 0 Å². The van der Waals surface area contributed by atoms with E-state index in [0.29, 0.717) is 0 Å². The van der Waals surface area contributed by atoms with E-state index in [1.54, 1.807) is 5.57 Å². The summed E-state index contributed by atoms with van der Waals surface area (Å²) >= 11 is 0. The maximum absolute atomic E-state index is 2.46. The van der Waals surface area contributed by atoms with Crippen molar-refractivity contribution in [2.24, 2.45) is 0 Å². The van der Waals surface area contributed by atoms with Crippen LogP contribution >= 0.6 is 0 Å². The quantitative estimate of drug-likeness (QED) is 0.370. The average Bonchev–Trinajstić information content (AvgIpc) is 2.93. The summed E-state index contributed by atoms with van der Waals surface area (Å²) in [6.45, 7) is 2.28. The van der Waals surface area contributed by atoms with Crippen molar-refractivity contribution in [1.82, 2.24) is 0 Å². The summed E-state index contributed by atoms with van der Waals surface area (Å²) in [5.74, 6) is 0. The van der Waals surface area contributed by atoms with Crippen molar-refractivity contribution in [2.45, 2.75) is 71.1 Å². The van der Waals surface area contributed by atoms with Gasteiger partial charge in [-0.25, -0.2) is 0 Å². The third kappa shape index (κ3) is 6.86. The number of hydrogen-bond donors (Lipinski definition) is 0. The first-order chi connectivity index (χ1) is 6.43. The van der Waals surface area contributed by atoms with Crippen LogP contribution in [0.2, 0.25) is 0 Å². The van der Waals surface area contributed by atoms with Crippen LogP contribution in [0.3, 0.4) is 0 Å². The highest BCUT2D eigenvalue weighted by atomic mass is 14.1. The molecule has 0 atom stereocenters. The topological polar surface area (TPSA) is 0 Å². The molecule has 1 fully saturated rings. The molecule has 0 bridgehead atoms. The van der Waals surface area contributed by atoms with Gasteiger partial charge in [-0.05, 0) is 25.7 Å². The summed E-state index contributed by atoms with van der Waals surface area (Å²) in [6, 6.07) is 0. The average molecular weight is 180 g/mol. The van der Waals surface area contributed by atoms with Crippen LogP contribution in [-0.4, -0.2) is 0 Å². The van der Waals surface area contributed by atoms with Gasteiger partial charge in [0.1, 0.15) is 0 Å². The minimum atomic E-state index is 1.35. The van der Waals surface area contributed by atoms with Gasteiger partial charge in [0.25, 0.3) is 0 Å². The van der Waals surface area contributed by atoms with Crippen molar-refractivity contribution in [2.75, 3.05) is 0 Å². The fourth-order valence-electron chi connectivity index (χ4n) is 1.68. The SMILES string of the molecule is CCCCCCCCCC=C1CC1. The monoisotopic (exact) mass is 180 g/mol. The Bertz CT molecular complexity index is 138. The van der Waals surface area contributed by atoms with E-state index in [9.17, 15) is 0 Å². The van der Waals surface area contributed by atoms with Gasteiger partial charge in [-0.15, -0.1) is 0 Å². The van der Waals surface area contributed by atoms with Crippen molar-refractivity contribution in [3.63, 3.8) is 0 Å². The van der Waals surface area contributed by atoms with Crippen LogP contribution in [0.5, 0.6) is 0 Å². The van der Waals surface area contributed by atoms with Crippen LogP contribution in [-0.2, 0) is 0 Å². The zero-order chi connectivity index (χ0) is 9.36. The summed E-state index contributed by atoms with van der Waals surface area (Å²) in [6.07, 6.45) is 16.7. The lowest BCUT2D eigenvalue weighted by molar-refractivity contribution is 0.592. The molecule has 0 aliphatic heterocycles. The third-order valence-electron chi connectivity index (χ3n) is 2.78. The Morgan fingerprint density at radius 2 is 1.54 bits per heavy atom. The van der Waals surface area contributed by atoms with Crippen LogP contribution in [0.4, 0.5) is 0 Å². The van der Waals surface area contributed by atoms with Crippen molar-refractivity contribution in [3.8, 4) is 0 Å². The van der Waals surface area contributed by atoms with Crippen molar-refractivity contribution < 1.29 is 0 Å². The second-order valence-corrected chi connectivity index (χ2v) is 4.27. The van der Waals surface area contributed by atoms with E-state index in [1.165, 1.54) is 64.2 Å². The molecule has 0 aromatic heterocycles. The molecular formula is C13H24. The molecule has 0 nitrogen and oxygen atoms in total. The fraction of sp³-hybridized carbons (Fsp3) is 0.846. The molecule has 0 amide bonds. The Morgan fingerprint density at radius 3 is 2.15 bits per heavy atom. The van der Waals surface area contributed by atoms with Crippen LogP contribution in [0.25, 0.3) is 0 Å². The molecule has 0 N–H and O–H groups in total. The first-order valence-electron chi connectivity index (χ1n) is 6.11. The highest BCUT2D eigenvalue weighted by Gasteiger charge is 2.08. The molecule has 0 unspecified atom stereocenters. The Labute approximate surface area is 83.4 Å². The predicted octanol–water partition coefficient (Wildman–Crippen LogP) is 4.85. The fourth-order valence-corrected chi connectivity index (χ4v) is 1.68. The smallest absolute Gasteiger partial charge is 0.0283 e. The Morgan fingerprint density at radius 1 is 0.923 bits per heavy atom. The lowest BCUT2D eigenvalue weighted by Gasteiger charge is -1.98. The van der Waals surface area contributed by atoms with Gasteiger partial charge in [-0.2, -0.15) is 0 Å². The van der Waals surface area contributed by atoms with E-state index in [-0.39, 0.29) is 0 Å². The number of unbranched alkanes of at least 4 members (excludes halogenated alkanes) is 7. The minimum absolute atomic E-state index is 1.35. The third-order valence-corrected chi connectivity index (χ3v) is 2.78. The van der Waals surface area contributed by atoms with Gasteiger partial charge >= 0.3 is 0 Å². The summed E-state index contributed by atoms with van der Waals surface area (Å²) in [7, 11) is 0. The molecule has 1 aliphatic carbocycles. The van der Waals surface area contributed by atoms with Crippen LogP contribution in [0.1, 0.15) is 71.1 Å². The molecule has 0 heterocycles. The summed E-state index contributed by atoms with van der Waals surface area (Å²) in [5.41, 5.74) is 1.71. The largest absolute Gasteiger partial charge is 0.0853 e. The minimum Gasteiger partial charge on any atom is -0.0853 e. The normalized spacial score (nSPS) is 14.7. The summed E-state index contributed by atoms with van der Waals surface area (Å²) in [4.78, 5) is 0. The first kappa shape index (κ1) is 10.8.